The monoisotopic (exact) mass is 270 g/mol. The van der Waals surface area contributed by atoms with Gasteiger partial charge in [-0.05, 0) is 24.3 Å². The quantitative estimate of drug-likeness (QED) is 0.742. The smallest absolute Gasteiger partial charge is 0.360 e. The van der Waals surface area contributed by atoms with Crippen molar-refractivity contribution in [3.63, 3.8) is 0 Å². The molecule has 0 aromatic carbocycles. The molecule has 3 aromatic heterocycles. The number of hydrogen-bond donors (Lipinski definition) is 2. The van der Waals surface area contributed by atoms with Gasteiger partial charge >= 0.3 is 5.63 Å². The first kappa shape index (κ1) is 12.0. The fourth-order valence-electron chi connectivity index (χ4n) is 1.90. The Morgan fingerprint density at radius 3 is 2.40 bits per heavy atom. The first-order chi connectivity index (χ1) is 9.66. The van der Waals surface area contributed by atoms with E-state index in [-0.39, 0.29) is 17.4 Å². The van der Waals surface area contributed by atoms with Crippen molar-refractivity contribution in [1.29, 1.82) is 0 Å². The SMILES string of the molecule is O=c1oc(-c2cccnc2)ccc1-n1c(O)ccc1O. The van der Waals surface area contributed by atoms with Crippen molar-refractivity contribution in [1.82, 2.24) is 9.55 Å². The average Bonchev–Trinajstić information content (AvgIpc) is 2.79. The second kappa shape index (κ2) is 4.58. The molecule has 0 atom stereocenters. The van der Waals surface area contributed by atoms with Crippen molar-refractivity contribution >= 4 is 0 Å². The maximum atomic E-state index is 12.0. The molecule has 0 amide bonds. The molecular weight excluding hydrogens is 260 g/mol. The molecule has 0 saturated heterocycles. The lowest BCUT2D eigenvalue weighted by Gasteiger charge is -2.06. The number of pyridine rings is 1. The van der Waals surface area contributed by atoms with Crippen LogP contribution in [0.1, 0.15) is 0 Å². The summed E-state index contributed by atoms with van der Waals surface area (Å²) in [5, 5.41) is 19.2. The van der Waals surface area contributed by atoms with Gasteiger partial charge in [0.05, 0.1) is 0 Å². The van der Waals surface area contributed by atoms with E-state index in [0.29, 0.717) is 11.3 Å². The van der Waals surface area contributed by atoms with Crippen molar-refractivity contribution in [3.8, 4) is 28.8 Å². The van der Waals surface area contributed by atoms with Crippen LogP contribution in [0.5, 0.6) is 11.8 Å². The minimum absolute atomic E-state index is 0.0256. The molecule has 20 heavy (non-hydrogen) atoms. The van der Waals surface area contributed by atoms with Crippen LogP contribution >= 0.6 is 0 Å². The summed E-state index contributed by atoms with van der Waals surface area (Å²) in [4.78, 5) is 15.9. The highest BCUT2D eigenvalue weighted by Gasteiger charge is 2.13. The molecule has 0 spiro atoms. The van der Waals surface area contributed by atoms with Gasteiger partial charge < -0.3 is 14.6 Å². The Labute approximate surface area is 113 Å². The van der Waals surface area contributed by atoms with E-state index < -0.39 is 5.63 Å². The third-order valence-electron chi connectivity index (χ3n) is 2.83. The van der Waals surface area contributed by atoms with E-state index >= 15 is 0 Å². The standard InChI is InChI=1S/C14H10N2O4/c17-12-5-6-13(18)16(12)10-3-4-11(20-14(10)19)9-2-1-7-15-8-9/h1-8,17-18H. The van der Waals surface area contributed by atoms with Crippen molar-refractivity contribution in [2.24, 2.45) is 0 Å². The molecule has 0 saturated carbocycles. The minimum atomic E-state index is -0.673. The van der Waals surface area contributed by atoms with Crippen molar-refractivity contribution < 1.29 is 14.6 Å². The van der Waals surface area contributed by atoms with Gasteiger partial charge in [0.25, 0.3) is 0 Å². The van der Waals surface area contributed by atoms with Gasteiger partial charge in [-0.15, -0.1) is 0 Å². The molecule has 100 valence electrons. The number of aromatic hydroxyl groups is 2. The van der Waals surface area contributed by atoms with Crippen LogP contribution in [0.2, 0.25) is 0 Å². The highest BCUT2D eigenvalue weighted by molar-refractivity contribution is 5.56. The average molecular weight is 270 g/mol. The zero-order chi connectivity index (χ0) is 14.1. The number of nitrogens with zero attached hydrogens (tertiary/aromatic N) is 2. The third kappa shape index (κ3) is 1.93. The molecule has 0 aliphatic carbocycles. The van der Waals surface area contributed by atoms with E-state index in [2.05, 4.69) is 4.98 Å². The summed E-state index contributed by atoms with van der Waals surface area (Å²) in [5.74, 6) is -0.133. The topological polar surface area (TPSA) is 88.5 Å². The Morgan fingerprint density at radius 1 is 1.05 bits per heavy atom. The van der Waals surface area contributed by atoms with Gasteiger partial charge in [-0.2, -0.15) is 0 Å². The minimum Gasteiger partial charge on any atom is -0.494 e. The zero-order valence-electron chi connectivity index (χ0n) is 10.2. The third-order valence-corrected chi connectivity index (χ3v) is 2.83. The molecule has 2 N–H and O–H groups in total. The summed E-state index contributed by atoms with van der Waals surface area (Å²) in [6.07, 6.45) is 3.19. The lowest BCUT2D eigenvalue weighted by Crippen LogP contribution is -2.09. The Bertz CT molecular complexity index is 786. The van der Waals surface area contributed by atoms with Crippen LogP contribution in [-0.2, 0) is 0 Å². The fraction of sp³-hybridized carbons (Fsp3) is 0. The van der Waals surface area contributed by atoms with Crippen LogP contribution in [0.25, 0.3) is 17.0 Å². The first-order valence-electron chi connectivity index (χ1n) is 5.81. The number of aromatic nitrogens is 2. The highest BCUT2D eigenvalue weighted by atomic mass is 16.4. The summed E-state index contributed by atoms with van der Waals surface area (Å²) < 4.78 is 6.19. The van der Waals surface area contributed by atoms with Crippen LogP contribution in [-0.4, -0.2) is 19.8 Å². The normalized spacial score (nSPS) is 10.6. The second-order valence-corrected chi connectivity index (χ2v) is 4.10. The second-order valence-electron chi connectivity index (χ2n) is 4.10. The summed E-state index contributed by atoms with van der Waals surface area (Å²) in [5.41, 5.74) is 0.0166. The van der Waals surface area contributed by atoms with E-state index in [1.165, 1.54) is 18.2 Å². The van der Waals surface area contributed by atoms with Crippen LogP contribution in [0.15, 0.2) is 58.0 Å². The predicted octanol–water partition coefficient (Wildman–Crippen LogP) is 1.90. The molecule has 0 bridgehead atoms. The Hall–Kier alpha value is -3.02. The lowest BCUT2D eigenvalue weighted by atomic mass is 10.2. The summed E-state index contributed by atoms with van der Waals surface area (Å²) in [6, 6.07) is 9.09. The fourth-order valence-corrected chi connectivity index (χ4v) is 1.90. The van der Waals surface area contributed by atoms with Gasteiger partial charge in [-0.25, -0.2) is 9.36 Å². The maximum Gasteiger partial charge on any atom is 0.360 e. The van der Waals surface area contributed by atoms with E-state index in [1.807, 2.05) is 0 Å². The molecule has 3 aromatic rings. The van der Waals surface area contributed by atoms with Gasteiger partial charge in [0.15, 0.2) is 11.8 Å². The van der Waals surface area contributed by atoms with Gasteiger partial charge in [0, 0.05) is 30.1 Å². The molecule has 3 heterocycles. The summed E-state index contributed by atoms with van der Waals surface area (Å²) in [7, 11) is 0. The van der Waals surface area contributed by atoms with Crippen molar-refractivity contribution in [3.05, 3.63) is 59.2 Å². The maximum absolute atomic E-state index is 12.0. The zero-order valence-corrected chi connectivity index (χ0v) is 10.2. The van der Waals surface area contributed by atoms with Gasteiger partial charge in [0.2, 0.25) is 0 Å². The highest BCUT2D eigenvalue weighted by Crippen LogP contribution is 2.25. The Balaban J connectivity index is 2.12. The van der Waals surface area contributed by atoms with Crippen LogP contribution in [0.4, 0.5) is 0 Å². The molecule has 0 aliphatic rings. The van der Waals surface area contributed by atoms with Crippen molar-refractivity contribution in [2.75, 3.05) is 0 Å². The molecule has 0 unspecified atom stereocenters. The Kier molecular flexibility index (Phi) is 2.76. The molecule has 3 rings (SSSR count). The molecule has 0 aliphatic heterocycles. The number of rotatable bonds is 2. The predicted molar refractivity (Wildman–Crippen MR) is 70.9 cm³/mol. The molecule has 6 nitrogen and oxygen atoms in total. The number of hydrogen-bond acceptors (Lipinski definition) is 5. The van der Waals surface area contributed by atoms with Crippen LogP contribution in [0, 0.1) is 0 Å². The lowest BCUT2D eigenvalue weighted by molar-refractivity contribution is 0.398. The Morgan fingerprint density at radius 2 is 1.80 bits per heavy atom. The van der Waals surface area contributed by atoms with Gasteiger partial charge in [0.1, 0.15) is 11.4 Å². The van der Waals surface area contributed by atoms with Crippen LogP contribution < -0.4 is 5.63 Å². The summed E-state index contributed by atoms with van der Waals surface area (Å²) >= 11 is 0. The molecular formula is C14H10N2O4. The molecule has 0 fully saturated rings. The molecule has 6 heteroatoms. The summed E-state index contributed by atoms with van der Waals surface area (Å²) in [6.45, 7) is 0. The van der Waals surface area contributed by atoms with Crippen molar-refractivity contribution in [2.45, 2.75) is 0 Å². The molecule has 0 radical (unpaired) electrons. The largest absolute Gasteiger partial charge is 0.494 e. The first-order valence-corrected chi connectivity index (χ1v) is 5.81. The van der Waals surface area contributed by atoms with E-state index in [4.69, 9.17) is 4.42 Å². The van der Waals surface area contributed by atoms with E-state index in [1.54, 1.807) is 30.6 Å². The van der Waals surface area contributed by atoms with Gasteiger partial charge in [-0.3, -0.25) is 4.98 Å². The van der Waals surface area contributed by atoms with E-state index in [0.717, 1.165) is 4.57 Å². The van der Waals surface area contributed by atoms with E-state index in [9.17, 15) is 15.0 Å². The van der Waals surface area contributed by atoms with Gasteiger partial charge in [-0.1, -0.05) is 0 Å². The van der Waals surface area contributed by atoms with Crippen LogP contribution in [0.3, 0.4) is 0 Å².